The summed E-state index contributed by atoms with van der Waals surface area (Å²) < 4.78 is 5.12. The fourth-order valence-corrected chi connectivity index (χ4v) is 3.54. The molecule has 0 saturated heterocycles. The molecule has 0 bridgehead atoms. The monoisotopic (exact) mass is 295 g/mol. The normalized spacial score (nSPS) is 20.6. The second kappa shape index (κ2) is 5.95. The van der Waals surface area contributed by atoms with E-state index in [2.05, 4.69) is 12.2 Å². The van der Waals surface area contributed by atoms with E-state index >= 15 is 0 Å². The van der Waals surface area contributed by atoms with Gasteiger partial charge in [-0.3, -0.25) is 4.79 Å². The molecule has 5 heteroatoms. The summed E-state index contributed by atoms with van der Waals surface area (Å²) in [6.45, 7) is 8.17. The maximum absolute atomic E-state index is 12.1. The largest absolute Gasteiger partial charge is 0.462 e. The Morgan fingerprint density at radius 1 is 1.40 bits per heavy atom. The molecule has 2 rings (SSSR count). The smallest absolute Gasteiger partial charge is 0.341 e. The van der Waals surface area contributed by atoms with Crippen molar-refractivity contribution in [1.82, 2.24) is 0 Å². The van der Waals surface area contributed by atoms with Crippen molar-refractivity contribution >= 4 is 28.2 Å². The first-order valence-electron chi connectivity index (χ1n) is 7.09. The van der Waals surface area contributed by atoms with Gasteiger partial charge in [0.1, 0.15) is 5.00 Å². The Balaban J connectivity index is 2.27. The number of anilines is 1. The average Bonchev–Trinajstić information content (AvgIpc) is 3.03. The Morgan fingerprint density at radius 3 is 2.55 bits per heavy atom. The molecule has 1 saturated carbocycles. The third-order valence-corrected chi connectivity index (χ3v) is 4.79. The molecular formula is C15H21NO3S. The topological polar surface area (TPSA) is 55.4 Å². The molecule has 1 aromatic rings. The standard InChI is InChI=1S/C15H21NO3S/c1-5-10-9(4)20-14(12(10)15(18)19-6-2)16-13(17)11-7-8(11)3/h8,11H,5-7H2,1-4H3,(H,16,17)/t8-,11+/m1/s1. The lowest BCUT2D eigenvalue weighted by atomic mass is 10.1. The number of hydrogen-bond acceptors (Lipinski definition) is 4. The molecule has 2 atom stereocenters. The summed E-state index contributed by atoms with van der Waals surface area (Å²) in [4.78, 5) is 25.3. The summed E-state index contributed by atoms with van der Waals surface area (Å²) in [7, 11) is 0. The van der Waals surface area contributed by atoms with Crippen LogP contribution in [0.2, 0.25) is 0 Å². The molecule has 110 valence electrons. The lowest BCUT2D eigenvalue weighted by molar-refractivity contribution is -0.117. The molecular weight excluding hydrogens is 274 g/mol. The molecule has 1 amide bonds. The predicted octanol–water partition coefficient (Wildman–Crippen LogP) is 3.39. The van der Waals surface area contributed by atoms with Gasteiger partial charge in [0.15, 0.2) is 0 Å². The number of esters is 1. The third-order valence-electron chi connectivity index (χ3n) is 3.73. The number of nitrogens with one attached hydrogen (secondary N) is 1. The Kier molecular flexibility index (Phi) is 4.48. The number of carbonyl (C=O) groups excluding carboxylic acids is 2. The van der Waals surface area contributed by atoms with E-state index in [4.69, 9.17) is 4.74 Å². The van der Waals surface area contributed by atoms with Crippen LogP contribution in [0.5, 0.6) is 0 Å². The molecule has 1 heterocycles. The van der Waals surface area contributed by atoms with Gasteiger partial charge in [-0.25, -0.2) is 4.79 Å². The predicted molar refractivity (Wildman–Crippen MR) is 80.3 cm³/mol. The molecule has 0 aliphatic heterocycles. The van der Waals surface area contributed by atoms with Gasteiger partial charge in [-0.1, -0.05) is 13.8 Å². The summed E-state index contributed by atoms with van der Waals surface area (Å²) in [5.41, 5.74) is 1.52. The number of aryl methyl sites for hydroxylation is 1. The molecule has 0 radical (unpaired) electrons. The van der Waals surface area contributed by atoms with Crippen LogP contribution in [0.3, 0.4) is 0 Å². The zero-order valence-electron chi connectivity index (χ0n) is 12.4. The molecule has 1 N–H and O–H groups in total. The summed E-state index contributed by atoms with van der Waals surface area (Å²) in [5.74, 6) is 0.227. The van der Waals surface area contributed by atoms with Gasteiger partial charge < -0.3 is 10.1 Å². The summed E-state index contributed by atoms with van der Waals surface area (Å²) in [5, 5.41) is 3.56. The van der Waals surface area contributed by atoms with E-state index in [-0.39, 0.29) is 17.8 Å². The molecule has 20 heavy (non-hydrogen) atoms. The highest BCUT2D eigenvalue weighted by Crippen LogP contribution is 2.40. The number of carbonyl (C=O) groups is 2. The molecule has 0 spiro atoms. The zero-order valence-corrected chi connectivity index (χ0v) is 13.2. The Morgan fingerprint density at radius 2 is 2.05 bits per heavy atom. The molecule has 0 unspecified atom stereocenters. The second-order valence-electron chi connectivity index (χ2n) is 5.22. The van der Waals surface area contributed by atoms with Crippen molar-refractivity contribution in [3.63, 3.8) is 0 Å². The number of ether oxygens (including phenoxy) is 1. The lowest BCUT2D eigenvalue weighted by Gasteiger charge is -2.07. The van der Waals surface area contributed by atoms with Crippen molar-refractivity contribution in [1.29, 1.82) is 0 Å². The van der Waals surface area contributed by atoms with Crippen LogP contribution >= 0.6 is 11.3 Å². The van der Waals surface area contributed by atoms with E-state index in [0.29, 0.717) is 23.1 Å². The third kappa shape index (κ3) is 2.87. The average molecular weight is 295 g/mol. The highest BCUT2D eigenvalue weighted by molar-refractivity contribution is 7.16. The lowest BCUT2D eigenvalue weighted by Crippen LogP contribution is -2.17. The van der Waals surface area contributed by atoms with Gasteiger partial charge in [0.25, 0.3) is 0 Å². The van der Waals surface area contributed by atoms with Gasteiger partial charge in [0, 0.05) is 10.8 Å². The van der Waals surface area contributed by atoms with Crippen LogP contribution in [0.15, 0.2) is 0 Å². The SMILES string of the molecule is CCOC(=O)c1c(NC(=O)[C@H]2C[C@H]2C)sc(C)c1CC. The molecule has 1 aliphatic rings. The number of hydrogen-bond donors (Lipinski definition) is 1. The summed E-state index contributed by atoms with van der Waals surface area (Å²) in [6.07, 6.45) is 1.69. The van der Waals surface area contributed by atoms with E-state index < -0.39 is 0 Å². The number of rotatable bonds is 5. The van der Waals surface area contributed by atoms with E-state index in [0.717, 1.165) is 23.3 Å². The first-order valence-corrected chi connectivity index (χ1v) is 7.91. The fraction of sp³-hybridized carbons (Fsp3) is 0.600. The molecule has 0 aromatic carbocycles. The first kappa shape index (κ1) is 15.0. The zero-order chi connectivity index (χ0) is 14.9. The van der Waals surface area contributed by atoms with Crippen molar-refractivity contribution in [2.24, 2.45) is 11.8 Å². The maximum Gasteiger partial charge on any atom is 0.341 e. The Hall–Kier alpha value is -1.36. The molecule has 1 aromatic heterocycles. The van der Waals surface area contributed by atoms with E-state index in [9.17, 15) is 9.59 Å². The fourth-order valence-electron chi connectivity index (χ4n) is 2.40. The second-order valence-corrected chi connectivity index (χ2v) is 6.45. The van der Waals surface area contributed by atoms with Crippen LogP contribution in [0.25, 0.3) is 0 Å². The van der Waals surface area contributed by atoms with Crippen LogP contribution in [-0.4, -0.2) is 18.5 Å². The van der Waals surface area contributed by atoms with Gasteiger partial charge in [-0.05, 0) is 38.2 Å². The number of amides is 1. The van der Waals surface area contributed by atoms with Crippen LogP contribution in [0, 0.1) is 18.8 Å². The van der Waals surface area contributed by atoms with Crippen LogP contribution in [0.4, 0.5) is 5.00 Å². The van der Waals surface area contributed by atoms with E-state index in [1.165, 1.54) is 11.3 Å². The molecule has 4 nitrogen and oxygen atoms in total. The first-order chi connectivity index (χ1) is 9.49. The van der Waals surface area contributed by atoms with Crippen LogP contribution in [0.1, 0.15) is 48.0 Å². The van der Waals surface area contributed by atoms with Crippen molar-refractivity contribution < 1.29 is 14.3 Å². The van der Waals surface area contributed by atoms with Crippen LogP contribution < -0.4 is 5.32 Å². The molecule has 1 fully saturated rings. The van der Waals surface area contributed by atoms with Crippen molar-refractivity contribution in [3.8, 4) is 0 Å². The maximum atomic E-state index is 12.1. The summed E-state index contributed by atoms with van der Waals surface area (Å²) >= 11 is 1.46. The number of thiophene rings is 1. The van der Waals surface area contributed by atoms with Gasteiger partial charge in [0.05, 0.1) is 12.2 Å². The van der Waals surface area contributed by atoms with Crippen molar-refractivity contribution in [3.05, 3.63) is 16.0 Å². The minimum atomic E-state index is -0.340. The van der Waals surface area contributed by atoms with Gasteiger partial charge in [-0.2, -0.15) is 0 Å². The van der Waals surface area contributed by atoms with Gasteiger partial charge >= 0.3 is 5.97 Å². The minimum absolute atomic E-state index is 0.0203. The Labute approximate surface area is 123 Å². The van der Waals surface area contributed by atoms with Crippen LogP contribution in [-0.2, 0) is 16.0 Å². The van der Waals surface area contributed by atoms with Gasteiger partial charge in [0.2, 0.25) is 5.91 Å². The molecule has 1 aliphatic carbocycles. The van der Waals surface area contributed by atoms with Crippen molar-refractivity contribution in [2.45, 2.75) is 40.5 Å². The quantitative estimate of drug-likeness (QED) is 0.847. The highest BCUT2D eigenvalue weighted by atomic mass is 32.1. The van der Waals surface area contributed by atoms with Crippen molar-refractivity contribution in [2.75, 3.05) is 11.9 Å². The minimum Gasteiger partial charge on any atom is -0.462 e. The van der Waals surface area contributed by atoms with Gasteiger partial charge in [-0.15, -0.1) is 11.3 Å². The summed E-state index contributed by atoms with van der Waals surface area (Å²) in [6, 6.07) is 0. The highest BCUT2D eigenvalue weighted by Gasteiger charge is 2.39. The van der Waals surface area contributed by atoms with E-state index in [1.807, 2.05) is 13.8 Å². The Bertz CT molecular complexity index is 535. The van der Waals surface area contributed by atoms with E-state index in [1.54, 1.807) is 6.92 Å².